The van der Waals surface area contributed by atoms with Crippen LogP contribution >= 0.6 is 22.7 Å². The van der Waals surface area contributed by atoms with Crippen molar-refractivity contribution >= 4 is 37.8 Å². The lowest BCUT2D eigenvalue weighted by atomic mass is 9.97. The van der Waals surface area contributed by atoms with Crippen molar-refractivity contribution in [3.63, 3.8) is 0 Å². The highest BCUT2D eigenvalue weighted by molar-refractivity contribution is 7.18. The molecule has 1 aromatic carbocycles. The maximum absolute atomic E-state index is 6.30. The van der Waals surface area contributed by atoms with E-state index < -0.39 is 0 Å². The number of hydrogen-bond acceptors (Lipinski definition) is 4. The zero-order valence-electron chi connectivity index (χ0n) is 10.4. The minimum Gasteiger partial charge on any atom is -0.390 e. The zero-order chi connectivity index (χ0) is 12.8. The third kappa shape index (κ3) is 1.71. The fourth-order valence-electron chi connectivity index (χ4n) is 2.82. The van der Waals surface area contributed by atoms with Crippen LogP contribution in [0.25, 0.3) is 21.2 Å². The van der Waals surface area contributed by atoms with Gasteiger partial charge in [-0.1, -0.05) is 18.2 Å². The lowest BCUT2D eigenvalue weighted by Gasteiger charge is -2.14. The average molecular weight is 286 g/mol. The summed E-state index contributed by atoms with van der Waals surface area (Å²) in [5.74, 6) is 0. The summed E-state index contributed by atoms with van der Waals surface area (Å²) in [6.07, 6.45) is 1.09. The van der Waals surface area contributed by atoms with Crippen molar-refractivity contribution in [3.8, 4) is 11.1 Å². The molecule has 0 spiro atoms. The molecule has 0 unspecified atom stereocenters. The van der Waals surface area contributed by atoms with Crippen LogP contribution in [0.1, 0.15) is 10.4 Å². The summed E-state index contributed by atoms with van der Waals surface area (Å²) in [6, 6.07) is 8.58. The van der Waals surface area contributed by atoms with Crippen molar-refractivity contribution in [1.29, 1.82) is 0 Å². The maximum Gasteiger partial charge on any atom is 0.0942 e. The van der Waals surface area contributed by atoms with Crippen LogP contribution in [0.5, 0.6) is 0 Å². The standard InChI is InChI=1S/C15H14N2S2/c16-15-14(10-5-6-17-7-13(10)19-15)11-8-18-12-4-2-1-3-9(11)12/h1-4,8,17H,5-7,16H2. The summed E-state index contributed by atoms with van der Waals surface area (Å²) in [4.78, 5) is 1.41. The second-order valence-electron chi connectivity index (χ2n) is 4.82. The molecule has 0 aliphatic carbocycles. The van der Waals surface area contributed by atoms with Gasteiger partial charge >= 0.3 is 0 Å². The molecule has 0 atom stereocenters. The quantitative estimate of drug-likeness (QED) is 0.713. The minimum absolute atomic E-state index is 0.965. The number of thiophene rings is 2. The number of nitrogens with one attached hydrogen (secondary N) is 1. The van der Waals surface area contributed by atoms with Crippen molar-refractivity contribution in [2.24, 2.45) is 0 Å². The number of hydrogen-bond donors (Lipinski definition) is 2. The van der Waals surface area contributed by atoms with E-state index in [0.717, 1.165) is 24.5 Å². The largest absolute Gasteiger partial charge is 0.390 e. The molecule has 2 aromatic heterocycles. The number of rotatable bonds is 1. The Labute approximate surface area is 119 Å². The van der Waals surface area contributed by atoms with Crippen molar-refractivity contribution in [2.75, 3.05) is 12.3 Å². The molecule has 3 heterocycles. The molecule has 0 radical (unpaired) electrons. The third-order valence-corrected chi connectivity index (χ3v) is 5.73. The molecule has 0 fully saturated rings. The molecule has 0 saturated carbocycles. The predicted molar refractivity (Wildman–Crippen MR) is 85.0 cm³/mol. The second-order valence-corrected chi connectivity index (χ2v) is 6.86. The summed E-state index contributed by atoms with van der Waals surface area (Å²) in [5, 5.41) is 7.98. The van der Waals surface area contributed by atoms with E-state index in [1.54, 1.807) is 22.7 Å². The molecule has 4 heteroatoms. The Morgan fingerprint density at radius 3 is 3.05 bits per heavy atom. The molecule has 1 aliphatic rings. The monoisotopic (exact) mass is 286 g/mol. The van der Waals surface area contributed by atoms with Gasteiger partial charge in [-0.05, 0) is 30.0 Å². The molecule has 2 nitrogen and oxygen atoms in total. The SMILES string of the molecule is Nc1sc2c(c1-c1csc3ccccc13)CCNC2. The molecule has 1 aliphatic heterocycles. The van der Waals surface area contributed by atoms with Crippen LogP contribution < -0.4 is 11.1 Å². The zero-order valence-corrected chi connectivity index (χ0v) is 12.0. The first kappa shape index (κ1) is 11.5. The van der Waals surface area contributed by atoms with Crippen LogP contribution in [0.3, 0.4) is 0 Å². The van der Waals surface area contributed by atoms with Gasteiger partial charge in [0, 0.05) is 32.6 Å². The summed E-state index contributed by atoms with van der Waals surface area (Å²) in [5.41, 5.74) is 10.4. The average Bonchev–Trinajstić information content (AvgIpc) is 2.98. The van der Waals surface area contributed by atoms with E-state index in [4.69, 9.17) is 5.73 Å². The first-order chi connectivity index (χ1) is 9.34. The summed E-state index contributed by atoms with van der Waals surface area (Å²) < 4.78 is 1.34. The lowest BCUT2D eigenvalue weighted by molar-refractivity contribution is 0.655. The molecular weight excluding hydrogens is 272 g/mol. The van der Waals surface area contributed by atoms with Crippen LogP contribution in [0.15, 0.2) is 29.6 Å². The van der Waals surface area contributed by atoms with E-state index in [0.29, 0.717) is 0 Å². The number of anilines is 1. The van der Waals surface area contributed by atoms with E-state index in [2.05, 4.69) is 35.0 Å². The highest BCUT2D eigenvalue weighted by atomic mass is 32.1. The van der Waals surface area contributed by atoms with Gasteiger partial charge < -0.3 is 11.1 Å². The van der Waals surface area contributed by atoms with Crippen LogP contribution in [0.4, 0.5) is 5.00 Å². The van der Waals surface area contributed by atoms with E-state index in [1.165, 1.54) is 31.7 Å². The molecule has 3 aromatic rings. The number of nitrogen functional groups attached to an aromatic ring is 1. The van der Waals surface area contributed by atoms with Gasteiger partial charge in [0.15, 0.2) is 0 Å². The number of benzene rings is 1. The first-order valence-electron chi connectivity index (χ1n) is 6.42. The van der Waals surface area contributed by atoms with Crippen molar-refractivity contribution < 1.29 is 0 Å². The van der Waals surface area contributed by atoms with Crippen molar-refractivity contribution in [1.82, 2.24) is 5.32 Å². The molecule has 19 heavy (non-hydrogen) atoms. The summed E-state index contributed by atoms with van der Waals surface area (Å²) >= 11 is 3.55. The van der Waals surface area contributed by atoms with Crippen molar-refractivity contribution in [2.45, 2.75) is 13.0 Å². The fourth-order valence-corrected chi connectivity index (χ4v) is 4.88. The maximum atomic E-state index is 6.30. The Balaban J connectivity index is 2.00. The number of fused-ring (bicyclic) bond motifs is 2. The molecule has 0 amide bonds. The third-order valence-electron chi connectivity index (χ3n) is 3.71. The van der Waals surface area contributed by atoms with E-state index in [1.807, 2.05) is 0 Å². The minimum atomic E-state index is 0.965. The van der Waals surface area contributed by atoms with Gasteiger partial charge in [0.25, 0.3) is 0 Å². The van der Waals surface area contributed by atoms with Crippen molar-refractivity contribution in [3.05, 3.63) is 40.1 Å². The topological polar surface area (TPSA) is 38.0 Å². The Hall–Kier alpha value is -1.36. The van der Waals surface area contributed by atoms with E-state index >= 15 is 0 Å². The van der Waals surface area contributed by atoms with Gasteiger partial charge in [0.1, 0.15) is 0 Å². The highest BCUT2D eigenvalue weighted by Crippen LogP contribution is 2.44. The van der Waals surface area contributed by atoms with Crippen LogP contribution in [-0.2, 0) is 13.0 Å². The molecular formula is C15H14N2S2. The van der Waals surface area contributed by atoms with Crippen LogP contribution in [0.2, 0.25) is 0 Å². The molecule has 3 N–H and O–H groups in total. The normalized spacial score (nSPS) is 14.7. The van der Waals surface area contributed by atoms with Crippen LogP contribution in [0, 0.1) is 0 Å². The Kier molecular flexibility index (Phi) is 2.62. The Morgan fingerprint density at radius 2 is 2.11 bits per heavy atom. The highest BCUT2D eigenvalue weighted by Gasteiger charge is 2.21. The van der Waals surface area contributed by atoms with E-state index in [9.17, 15) is 0 Å². The summed E-state index contributed by atoms with van der Waals surface area (Å²) in [6.45, 7) is 2.02. The first-order valence-corrected chi connectivity index (χ1v) is 8.11. The number of nitrogens with two attached hydrogens (primary N) is 1. The molecule has 96 valence electrons. The Bertz CT molecular complexity index is 755. The van der Waals surface area contributed by atoms with Gasteiger partial charge in [0.2, 0.25) is 0 Å². The predicted octanol–water partition coefficient (Wildman–Crippen LogP) is 3.86. The van der Waals surface area contributed by atoms with Gasteiger partial charge in [-0.3, -0.25) is 0 Å². The van der Waals surface area contributed by atoms with Crippen LogP contribution in [-0.4, -0.2) is 6.54 Å². The summed E-state index contributed by atoms with van der Waals surface area (Å²) in [7, 11) is 0. The van der Waals surface area contributed by atoms with Gasteiger partial charge in [-0.25, -0.2) is 0 Å². The molecule has 0 saturated heterocycles. The smallest absolute Gasteiger partial charge is 0.0942 e. The Morgan fingerprint density at radius 1 is 1.21 bits per heavy atom. The second kappa shape index (κ2) is 4.34. The lowest BCUT2D eigenvalue weighted by Crippen LogP contribution is -2.22. The molecule has 0 bridgehead atoms. The van der Waals surface area contributed by atoms with E-state index in [-0.39, 0.29) is 0 Å². The van der Waals surface area contributed by atoms with Gasteiger partial charge in [0.05, 0.1) is 5.00 Å². The molecule has 4 rings (SSSR count). The van der Waals surface area contributed by atoms with Gasteiger partial charge in [-0.2, -0.15) is 0 Å². The fraction of sp³-hybridized carbons (Fsp3) is 0.200. The van der Waals surface area contributed by atoms with Gasteiger partial charge in [-0.15, -0.1) is 22.7 Å².